The van der Waals surface area contributed by atoms with E-state index in [2.05, 4.69) is 38.2 Å². The third-order valence-corrected chi connectivity index (χ3v) is 6.98. The number of hydrogen-bond donors (Lipinski definition) is 1. The third kappa shape index (κ3) is 5.48. The van der Waals surface area contributed by atoms with E-state index in [0.717, 1.165) is 35.2 Å². The number of benzene rings is 3. The van der Waals surface area contributed by atoms with Crippen molar-refractivity contribution < 1.29 is 9.59 Å². The molecule has 182 valence electrons. The maximum Gasteiger partial charge on any atom is 0.254 e. The van der Waals surface area contributed by atoms with Gasteiger partial charge in [-0.3, -0.25) is 9.59 Å². The van der Waals surface area contributed by atoms with Gasteiger partial charge in [0.1, 0.15) is 0 Å². The van der Waals surface area contributed by atoms with Crippen LogP contribution in [0.4, 0.5) is 5.69 Å². The molecule has 0 bridgehead atoms. The fourth-order valence-corrected chi connectivity index (χ4v) is 5.07. The number of likely N-dealkylation sites (tertiary alicyclic amines) is 1. The smallest absolute Gasteiger partial charge is 0.254 e. The van der Waals surface area contributed by atoms with Crippen LogP contribution in [-0.4, -0.2) is 23.3 Å². The molecule has 1 aliphatic rings. The Kier molecular flexibility index (Phi) is 7.11. The van der Waals surface area contributed by atoms with E-state index in [-0.39, 0.29) is 29.2 Å². The van der Waals surface area contributed by atoms with Gasteiger partial charge in [0.2, 0.25) is 5.91 Å². The first-order valence-electron chi connectivity index (χ1n) is 12.5. The summed E-state index contributed by atoms with van der Waals surface area (Å²) in [5.74, 6) is -0.384. The van der Waals surface area contributed by atoms with Crippen LogP contribution in [0.5, 0.6) is 0 Å². The average Bonchev–Trinajstić information content (AvgIpc) is 2.83. The fraction of sp³-hybridized carbons (Fsp3) is 0.355. The first-order chi connectivity index (χ1) is 16.6. The molecule has 0 radical (unpaired) electrons. The number of amides is 2. The summed E-state index contributed by atoms with van der Waals surface area (Å²) in [6, 6.07) is 23.7. The predicted octanol–water partition coefficient (Wildman–Crippen LogP) is 6.83. The first kappa shape index (κ1) is 24.7. The van der Waals surface area contributed by atoms with E-state index in [9.17, 15) is 9.59 Å². The quantitative estimate of drug-likeness (QED) is 0.456. The van der Waals surface area contributed by atoms with E-state index in [1.54, 1.807) is 0 Å². The maximum atomic E-state index is 13.8. The number of rotatable bonds is 4. The van der Waals surface area contributed by atoms with E-state index in [4.69, 9.17) is 0 Å². The van der Waals surface area contributed by atoms with E-state index in [1.165, 1.54) is 5.56 Å². The third-order valence-electron chi connectivity index (χ3n) is 6.98. The number of anilines is 1. The normalized spacial score (nSPS) is 18.3. The summed E-state index contributed by atoms with van der Waals surface area (Å²) >= 11 is 0. The molecule has 0 aliphatic carbocycles. The molecule has 35 heavy (non-hydrogen) atoms. The van der Waals surface area contributed by atoms with Gasteiger partial charge in [-0.05, 0) is 67.0 Å². The second-order valence-electron chi connectivity index (χ2n) is 10.7. The number of carbonyl (C=O) groups is 2. The first-order valence-corrected chi connectivity index (χ1v) is 12.5. The zero-order valence-electron chi connectivity index (χ0n) is 21.5. The summed E-state index contributed by atoms with van der Waals surface area (Å²) in [6.45, 7) is 11.1. The van der Waals surface area contributed by atoms with Gasteiger partial charge in [0, 0.05) is 17.8 Å². The molecular formula is C31H36N2O2. The summed E-state index contributed by atoms with van der Waals surface area (Å²) in [5, 5.41) is 3.17. The number of hydrogen-bond acceptors (Lipinski definition) is 2. The van der Waals surface area contributed by atoms with Gasteiger partial charge in [-0.15, -0.1) is 0 Å². The van der Waals surface area contributed by atoms with Crippen LogP contribution >= 0.6 is 0 Å². The highest BCUT2D eigenvalue weighted by Crippen LogP contribution is 2.38. The number of nitrogens with one attached hydrogen (secondary N) is 1. The van der Waals surface area contributed by atoms with Gasteiger partial charge >= 0.3 is 0 Å². The summed E-state index contributed by atoms with van der Waals surface area (Å²) < 4.78 is 0. The zero-order valence-corrected chi connectivity index (χ0v) is 21.5. The van der Waals surface area contributed by atoms with Crippen molar-refractivity contribution in [3.05, 3.63) is 101 Å². The molecular weight excluding hydrogens is 432 g/mol. The summed E-state index contributed by atoms with van der Waals surface area (Å²) in [6.07, 6.45) is 1.53. The molecule has 0 saturated carbocycles. The topological polar surface area (TPSA) is 49.4 Å². The van der Waals surface area contributed by atoms with Crippen LogP contribution in [0.3, 0.4) is 0 Å². The van der Waals surface area contributed by atoms with E-state index in [0.29, 0.717) is 12.1 Å². The number of aryl methyl sites for hydroxylation is 2. The molecule has 4 nitrogen and oxygen atoms in total. The summed E-state index contributed by atoms with van der Waals surface area (Å²) in [5.41, 5.74) is 5.76. The van der Waals surface area contributed by atoms with Crippen molar-refractivity contribution in [3.63, 3.8) is 0 Å². The van der Waals surface area contributed by atoms with Crippen LogP contribution in [0.1, 0.15) is 72.3 Å². The van der Waals surface area contributed by atoms with Crippen molar-refractivity contribution in [3.8, 4) is 0 Å². The Morgan fingerprint density at radius 2 is 1.66 bits per heavy atom. The van der Waals surface area contributed by atoms with Gasteiger partial charge < -0.3 is 10.2 Å². The molecule has 1 saturated heterocycles. The molecule has 3 aromatic carbocycles. The molecule has 1 aliphatic heterocycles. The lowest BCUT2D eigenvalue weighted by atomic mass is 9.83. The largest absolute Gasteiger partial charge is 0.331 e. The number of nitrogens with zero attached hydrogens (tertiary/aromatic N) is 1. The molecule has 1 fully saturated rings. The van der Waals surface area contributed by atoms with Crippen molar-refractivity contribution in [2.45, 2.75) is 58.9 Å². The minimum absolute atomic E-state index is 0.00668. The van der Waals surface area contributed by atoms with Crippen molar-refractivity contribution in [1.29, 1.82) is 0 Å². The van der Waals surface area contributed by atoms with Crippen LogP contribution in [-0.2, 0) is 10.2 Å². The van der Waals surface area contributed by atoms with Crippen molar-refractivity contribution in [2.75, 3.05) is 11.9 Å². The predicted molar refractivity (Wildman–Crippen MR) is 143 cm³/mol. The Bertz CT molecular complexity index is 1210. The lowest BCUT2D eigenvalue weighted by Crippen LogP contribution is -2.46. The molecule has 1 N–H and O–H groups in total. The van der Waals surface area contributed by atoms with Crippen LogP contribution < -0.4 is 5.32 Å². The molecule has 1 heterocycles. The molecule has 0 aromatic heterocycles. The lowest BCUT2D eigenvalue weighted by molar-refractivity contribution is -0.123. The average molecular weight is 469 g/mol. The van der Waals surface area contributed by atoms with Gasteiger partial charge in [0.15, 0.2) is 0 Å². The van der Waals surface area contributed by atoms with Gasteiger partial charge in [0.05, 0.1) is 12.0 Å². The number of carbonyl (C=O) groups excluding carboxylic acids is 2. The lowest BCUT2D eigenvalue weighted by Gasteiger charge is -2.41. The molecule has 2 unspecified atom stereocenters. The molecule has 2 amide bonds. The molecule has 4 rings (SSSR count). The van der Waals surface area contributed by atoms with Crippen LogP contribution in [0.2, 0.25) is 0 Å². The molecule has 4 heteroatoms. The van der Waals surface area contributed by atoms with Crippen LogP contribution in [0.25, 0.3) is 0 Å². The maximum absolute atomic E-state index is 13.8. The Labute approximate surface area is 209 Å². The monoisotopic (exact) mass is 468 g/mol. The highest BCUT2D eigenvalue weighted by molar-refractivity contribution is 5.98. The minimum atomic E-state index is -0.334. The van der Waals surface area contributed by atoms with Gasteiger partial charge in [-0.1, -0.05) is 80.9 Å². The Balaban J connectivity index is 1.67. The Morgan fingerprint density at radius 1 is 0.914 bits per heavy atom. The summed E-state index contributed by atoms with van der Waals surface area (Å²) in [7, 11) is 0. The summed E-state index contributed by atoms with van der Waals surface area (Å²) in [4.78, 5) is 29.4. The Morgan fingerprint density at radius 3 is 2.34 bits per heavy atom. The molecule has 3 aromatic rings. The van der Waals surface area contributed by atoms with Gasteiger partial charge in [-0.25, -0.2) is 0 Å². The minimum Gasteiger partial charge on any atom is -0.331 e. The van der Waals surface area contributed by atoms with Crippen molar-refractivity contribution in [2.24, 2.45) is 5.92 Å². The Hall–Kier alpha value is -3.40. The highest BCUT2D eigenvalue weighted by atomic mass is 16.2. The van der Waals surface area contributed by atoms with E-state index >= 15 is 0 Å². The van der Waals surface area contributed by atoms with Gasteiger partial charge in [0.25, 0.3) is 5.91 Å². The zero-order chi connectivity index (χ0) is 25.2. The molecule has 0 spiro atoms. The van der Waals surface area contributed by atoms with Crippen molar-refractivity contribution in [1.82, 2.24) is 4.90 Å². The van der Waals surface area contributed by atoms with Crippen LogP contribution in [0, 0.1) is 19.8 Å². The van der Waals surface area contributed by atoms with Crippen LogP contribution in [0.15, 0.2) is 72.8 Å². The fourth-order valence-electron chi connectivity index (χ4n) is 5.07. The standard InChI is InChI=1S/C31H36N2O2/c1-21-16-17-26(22(2)19-21)30(35)33-18-10-15-27(28(33)23-11-7-6-8-12-23)29(34)32-25-14-9-13-24(20-25)31(3,4)5/h6-9,11-14,16-17,19-20,27-28H,10,15,18H2,1-5H3,(H,32,34). The second kappa shape index (κ2) is 10.1. The number of piperidine rings is 1. The molecule has 2 atom stereocenters. The van der Waals surface area contributed by atoms with Crippen molar-refractivity contribution >= 4 is 17.5 Å². The van der Waals surface area contributed by atoms with E-state index < -0.39 is 0 Å². The van der Waals surface area contributed by atoms with Gasteiger partial charge in [-0.2, -0.15) is 0 Å². The van der Waals surface area contributed by atoms with E-state index in [1.807, 2.05) is 79.4 Å². The second-order valence-corrected chi connectivity index (χ2v) is 10.7. The SMILES string of the molecule is Cc1ccc(C(=O)N2CCCC(C(=O)Nc3cccc(C(C)(C)C)c3)C2c2ccccc2)c(C)c1. The highest BCUT2D eigenvalue weighted by Gasteiger charge is 2.40.